The molecule has 0 aliphatic heterocycles. The average molecular weight is 960 g/mol. The van der Waals surface area contributed by atoms with E-state index in [1.807, 2.05) is 0 Å². The minimum atomic E-state index is -0.818. The summed E-state index contributed by atoms with van der Waals surface area (Å²) in [5.74, 6) is -0.989. The second kappa shape index (κ2) is 56.9. The molecule has 6 heteroatoms. The van der Waals surface area contributed by atoms with Gasteiger partial charge in [0.05, 0.1) is 0 Å². The van der Waals surface area contributed by atoms with Crippen LogP contribution in [0.5, 0.6) is 0 Å². The molecule has 0 aliphatic carbocycles. The van der Waals surface area contributed by atoms with Crippen molar-refractivity contribution >= 4 is 17.9 Å². The van der Waals surface area contributed by atoms with Gasteiger partial charge in [0, 0.05) is 19.3 Å². The van der Waals surface area contributed by atoms with Gasteiger partial charge in [-0.2, -0.15) is 0 Å². The summed E-state index contributed by atoms with van der Waals surface area (Å²) in [5, 5.41) is 0. The number of allylic oxidation sites excluding steroid dienone is 16. The van der Waals surface area contributed by atoms with Gasteiger partial charge in [-0.3, -0.25) is 14.4 Å². The topological polar surface area (TPSA) is 78.9 Å². The van der Waals surface area contributed by atoms with Gasteiger partial charge < -0.3 is 14.2 Å². The molecule has 0 saturated heterocycles. The van der Waals surface area contributed by atoms with Crippen LogP contribution in [0, 0.1) is 0 Å². The lowest BCUT2D eigenvalue weighted by Gasteiger charge is -2.18. The summed E-state index contributed by atoms with van der Waals surface area (Å²) in [6.07, 6.45) is 75.4. The average Bonchev–Trinajstić information content (AvgIpc) is 3.35. The van der Waals surface area contributed by atoms with E-state index in [9.17, 15) is 14.4 Å². The number of esters is 3. The van der Waals surface area contributed by atoms with Gasteiger partial charge in [-0.05, 0) is 109 Å². The highest BCUT2D eigenvalue weighted by molar-refractivity contribution is 5.71. The lowest BCUT2D eigenvalue weighted by molar-refractivity contribution is -0.167. The molecular weight excluding hydrogens is 853 g/mol. The fourth-order valence-corrected chi connectivity index (χ4v) is 7.76. The van der Waals surface area contributed by atoms with Crippen LogP contribution in [0.2, 0.25) is 0 Å². The Morgan fingerprint density at radius 1 is 0.319 bits per heavy atom. The number of ether oxygens (including phenoxy) is 3. The molecule has 0 aromatic rings. The first-order chi connectivity index (χ1) is 34.0. The summed E-state index contributed by atoms with van der Waals surface area (Å²) in [6.45, 7) is 6.46. The van der Waals surface area contributed by atoms with Crippen LogP contribution in [0.3, 0.4) is 0 Å². The number of hydrogen-bond donors (Lipinski definition) is 0. The van der Waals surface area contributed by atoms with E-state index in [0.29, 0.717) is 19.3 Å². The van der Waals surface area contributed by atoms with Crippen molar-refractivity contribution in [2.75, 3.05) is 13.2 Å². The van der Waals surface area contributed by atoms with Gasteiger partial charge in [-0.25, -0.2) is 0 Å². The van der Waals surface area contributed by atoms with Crippen molar-refractivity contribution in [3.05, 3.63) is 97.2 Å². The number of rotatable bonds is 51. The van der Waals surface area contributed by atoms with Gasteiger partial charge in [-0.15, -0.1) is 0 Å². The first-order valence-electron chi connectivity index (χ1n) is 28.8. The SMILES string of the molecule is CC/C=C\C/C=C\C/C=C\C/C=C\C/C=C\CCCC(=O)OC(COC(=O)CCCCCCC/C=C\C=C/CCCCCCCCC)COC(=O)CCCCCCC/C=C\CCCCCCCCC. The van der Waals surface area contributed by atoms with E-state index in [0.717, 1.165) is 109 Å². The Morgan fingerprint density at radius 2 is 0.623 bits per heavy atom. The highest BCUT2D eigenvalue weighted by Gasteiger charge is 2.19. The van der Waals surface area contributed by atoms with Gasteiger partial charge in [0.15, 0.2) is 6.10 Å². The Morgan fingerprint density at radius 3 is 1.03 bits per heavy atom. The predicted molar refractivity (Wildman–Crippen MR) is 297 cm³/mol. The third-order valence-corrected chi connectivity index (χ3v) is 12.1. The molecule has 0 aromatic heterocycles. The summed E-state index contributed by atoms with van der Waals surface area (Å²) in [4.78, 5) is 38.1. The smallest absolute Gasteiger partial charge is 0.306 e. The van der Waals surface area contributed by atoms with Gasteiger partial charge in [0.1, 0.15) is 13.2 Å². The fraction of sp³-hybridized carbons (Fsp3) is 0.698. The van der Waals surface area contributed by atoms with Crippen molar-refractivity contribution < 1.29 is 28.6 Å². The van der Waals surface area contributed by atoms with Crippen LogP contribution in [0.4, 0.5) is 0 Å². The summed E-state index contributed by atoms with van der Waals surface area (Å²) < 4.78 is 16.8. The lowest BCUT2D eigenvalue weighted by atomic mass is 10.1. The summed E-state index contributed by atoms with van der Waals surface area (Å²) in [5.41, 5.74) is 0. The van der Waals surface area contributed by atoms with Crippen molar-refractivity contribution in [2.45, 2.75) is 271 Å². The van der Waals surface area contributed by atoms with E-state index in [1.54, 1.807) is 0 Å². The zero-order valence-corrected chi connectivity index (χ0v) is 45.0. The standard InChI is InChI=1S/C63H106O6/c1-4-7-10-13-16-19-22-25-28-31-33-35-38-41-44-47-50-53-56-62(65)68-59-60(58-67-61(64)55-52-49-46-43-40-37-34-30-27-24-21-18-15-12-9-6-3)69-63(66)57-54-51-48-45-42-39-36-32-29-26-23-20-17-14-11-8-5-2/h8,11,17,20,26,28-31,33-36,39,45,48,60H,4-7,9-10,12-16,18-19,21-25,27,32,37-38,40-44,46-47,49-59H2,1-3H3/b11-8-,20-17-,29-26-,31-28-,34-30-,35-33-,39-36-,48-45-. The van der Waals surface area contributed by atoms with Crippen molar-refractivity contribution in [1.29, 1.82) is 0 Å². The zero-order valence-electron chi connectivity index (χ0n) is 45.0. The molecule has 0 amide bonds. The molecule has 0 rings (SSSR count). The molecule has 69 heavy (non-hydrogen) atoms. The van der Waals surface area contributed by atoms with Gasteiger partial charge in [-0.1, -0.05) is 234 Å². The summed E-state index contributed by atoms with van der Waals surface area (Å²) in [6, 6.07) is 0. The Bertz CT molecular complexity index is 1380. The Kier molecular flexibility index (Phi) is 53.9. The highest BCUT2D eigenvalue weighted by Crippen LogP contribution is 2.14. The monoisotopic (exact) mass is 959 g/mol. The number of carbonyl (C=O) groups is 3. The number of hydrogen-bond acceptors (Lipinski definition) is 6. The molecule has 394 valence electrons. The van der Waals surface area contributed by atoms with Crippen LogP contribution < -0.4 is 0 Å². The third kappa shape index (κ3) is 55.1. The van der Waals surface area contributed by atoms with Crippen molar-refractivity contribution in [2.24, 2.45) is 0 Å². The molecular formula is C63H106O6. The fourth-order valence-electron chi connectivity index (χ4n) is 7.76. The van der Waals surface area contributed by atoms with Crippen LogP contribution in [-0.2, 0) is 28.6 Å². The lowest BCUT2D eigenvalue weighted by Crippen LogP contribution is -2.30. The molecule has 6 nitrogen and oxygen atoms in total. The molecule has 0 radical (unpaired) electrons. The van der Waals surface area contributed by atoms with E-state index in [-0.39, 0.29) is 37.5 Å². The van der Waals surface area contributed by atoms with Crippen LogP contribution in [-0.4, -0.2) is 37.2 Å². The van der Waals surface area contributed by atoms with Crippen molar-refractivity contribution in [3.63, 3.8) is 0 Å². The molecule has 0 bridgehead atoms. The van der Waals surface area contributed by atoms with Crippen LogP contribution in [0.25, 0.3) is 0 Å². The van der Waals surface area contributed by atoms with Crippen LogP contribution in [0.1, 0.15) is 265 Å². The maximum atomic E-state index is 12.8. The van der Waals surface area contributed by atoms with E-state index in [2.05, 4.69) is 118 Å². The normalized spacial score (nSPS) is 12.8. The van der Waals surface area contributed by atoms with Crippen LogP contribution >= 0.6 is 0 Å². The molecule has 1 unspecified atom stereocenters. The molecule has 0 N–H and O–H groups in total. The van der Waals surface area contributed by atoms with E-state index >= 15 is 0 Å². The maximum Gasteiger partial charge on any atom is 0.306 e. The maximum absolute atomic E-state index is 12.8. The minimum Gasteiger partial charge on any atom is -0.462 e. The first-order valence-corrected chi connectivity index (χ1v) is 28.8. The van der Waals surface area contributed by atoms with Gasteiger partial charge in [0.25, 0.3) is 0 Å². The number of unbranched alkanes of at least 4 members (excludes halogenated alkanes) is 25. The second-order valence-corrected chi connectivity index (χ2v) is 18.8. The summed E-state index contributed by atoms with van der Waals surface area (Å²) >= 11 is 0. The van der Waals surface area contributed by atoms with Gasteiger partial charge in [0.2, 0.25) is 0 Å². The summed E-state index contributed by atoms with van der Waals surface area (Å²) in [7, 11) is 0. The first kappa shape index (κ1) is 65.3. The van der Waals surface area contributed by atoms with Crippen molar-refractivity contribution in [3.8, 4) is 0 Å². The number of carbonyl (C=O) groups excluding carboxylic acids is 3. The molecule has 0 saturated carbocycles. The third-order valence-electron chi connectivity index (χ3n) is 12.1. The quantitative estimate of drug-likeness (QED) is 0.0199. The van der Waals surface area contributed by atoms with Crippen molar-refractivity contribution in [1.82, 2.24) is 0 Å². The molecule has 0 fully saturated rings. The molecule has 0 spiro atoms. The Labute approximate surface area is 426 Å². The second-order valence-electron chi connectivity index (χ2n) is 18.8. The van der Waals surface area contributed by atoms with Gasteiger partial charge >= 0.3 is 17.9 Å². The predicted octanol–water partition coefficient (Wildman–Crippen LogP) is 19.3. The molecule has 0 aliphatic rings. The molecule has 1 atom stereocenters. The molecule has 0 heterocycles. The Balaban J connectivity index is 4.52. The molecule has 0 aromatic carbocycles. The van der Waals surface area contributed by atoms with E-state index in [1.165, 1.54) is 109 Å². The Hall–Kier alpha value is -3.67. The van der Waals surface area contributed by atoms with E-state index in [4.69, 9.17) is 14.2 Å². The van der Waals surface area contributed by atoms with Crippen LogP contribution in [0.15, 0.2) is 97.2 Å². The zero-order chi connectivity index (χ0) is 50.0. The minimum absolute atomic E-state index is 0.110. The largest absolute Gasteiger partial charge is 0.462 e. The highest BCUT2D eigenvalue weighted by atomic mass is 16.6. The van der Waals surface area contributed by atoms with E-state index < -0.39 is 6.10 Å².